The van der Waals surface area contributed by atoms with Gasteiger partial charge < -0.3 is 10.2 Å². The second-order valence-corrected chi connectivity index (χ2v) is 7.91. The summed E-state index contributed by atoms with van der Waals surface area (Å²) >= 11 is 3.43. The molecule has 1 spiro atoms. The molecule has 0 radical (unpaired) electrons. The first-order valence-electron chi connectivity index (χ1n) is 9.12. The highest BCUT2D eigenvalue weighted by Gasteiger charge is 2.56. The molecule has 3 aromatic rings. The first-order chi connectivity index (χ1) is 13.6. The number of carbonyl (C=O) groups is 2. The van der Waals surface area contributed by atoms with Crippen LogP contribution in [0.2, 0.25) is 0 Å². The fourth-order valence-electron chi connectivity index (χ4n) is 4.34. The summed E-state index contributed by atoms with van der Waals surface area (Å²) in [5.41, 5.74) is 2.26. The lowest BCUT2D eigenvalue weighted by Crippen LogP contribution is -2.46. The van der Waals surface area contributed by atoms with E-state index in [1.54, 1.807) is 15.8 Å². The maximum atomic E-state index is 13.6. The maximum Gasteiger partial charge on any atom is 0.242 e. The minimum absolute atomic E-state index is 0.0670. The van der Waals surface area contributed by atoms with E-state index in [0.717, 1.165) is 27.0 Å². The minimum Gasteiger partial charge on any atom is -0.311 e. The van der Waals surface area contributed by atoms with E-state index in [1.807, 2.05) is 55.5 Å². The van der Waals surface area contributed by atoms with Crippen molar-refractivity contribution in [3.8, 4) is 5.69 Å². The van der Waals surface area contributed by atoms with Crippen LogP contribution in [0.1, 0.15) is 24.5 Å². The highest BCUT2D eigenvalue weighted by atomic mass is 79.9. The van der Waals surface area contributed by atoms with Crippen molar-refractivity contribution in [2.45, 2.75) is 18.8 Å². The zero-order chi connectivity index (χ0) is 19.5. The van der Waals surface area contributed by atoms with E-state index in [9.17, 15) is 9.59 Å². The first kappa shape index (κ1) is 17.2. The van der Waals surface area contributed by atoms with Crippen LogP contribution in [0, 0.1) is 0 Å². The Morgan fingerprint density at radius 3 is 2.61 bits per heavy atom. The summed E-state index contributed by atoms with van der Waals surface area (Å²) in [7, 11) is 0. The largest absolute Gasteiger partial charge is 0.311 e. The van der Waals surface area contributed by atoms with Gasteiger partial charge in [-0.2, -0.15) is 5.10 Å². The number of nitrogens with zero attached hydrogens (tertiary/aromatic N) is 3. The fourth-order valence-corrected chi connectivity index (χ4v) is 4.61. The second kappa shape index (κ2) is 6.04. The van der Waals surface area contributed by atoms with E-state index in [1.165, 1.54) is 0 Å². The zero-order valence-corrected chi connectivity index (χ0v) is 16.7. The number of benzene rings is 2. The molecule has 3 heterocycles. The molecule has 0 saturated heterocycles. The topological polar surface area (TPSA) is 67.2 Å². The van der Waals surface area contributed by atoms with Crippen LogP contribution < -0.4 is 10.2 Å². The highest BCUT2D eigenvalue weighted by Crippen LogP contribution is 2.52. The van der Waals surface area contributed by atoms with Crippen molar-refractivity contribution >= 4 is 39.2 Å². The third kappa shape index (κ3) is 2.16. The number of aromatic nitrogens is 2. The number of likely N-dealkylation sites (N-methyl/N-ethyl adjacent to an activating group) is 1. The Morgan fingerprint density at radius 2 is 1.86 bits per heavy atom. The molecule has 0 unspecified atom stereocenters. The van der Waals surface area contributed by atoms with Crippen molar-refractivity contribution in [3.05, 3.63) is 70.3 Å². The van der Waals surface area contributed by atoms with E-state index in [-0.39, 0.29) is 18.2 Å². The van der Waals surface area contributed by atoms with Crippen molar-refractivity contribution in [3.63, 3.8) is 0 Å². The van der Waals surface area contributed by atoms with Crippen LogP contribution in [-0.2, 0) is 15.0 Å². The van der Waals surface area contributed by atoms with Gasteiger partial charge in [0.05, 0.1) is 11.9 Å². The minimum atomic E-state index is -1.03. The summed E-state index contributed by atoms with van der Waals surface area (Å²) in [5.74, 6) is 0.301. The third-order valence-corrected chi connectivity index (χ3v) is 6.09. The maximum absolute atomic E-state index is 13.6. The molecule has 5 rings (SSSR count). The average molecular weight is 437 g/mol. The molecule has 2 aliphatic heterocycles. The van der Waals surface area contributed by atoms with Crippen LogP contribution in [0.4, 0.5) is 11.5 Å². The molecule has 2 aromatic carbocycles. The lowest BCUT2D eigenvalue weighted by molar-refractivity contribution is -0.126. The van der Waals surface area contributed by atoms with Gasteiger partial charge >= 0.3 is 0 Å². The summed E-state index contributed by atoms with van der Waals surface area (Å²) in [6, 6.07) is 15.4. The van der Waals surface area contributed by atoms with Crippen LogP contribution in [0.5, 0.6) is 0 Å². The molecule has 2 amide bonds. The molecule has 0 saturated carbocycles. The Kier molecular flexibility index (Phi) is 3.71. The van der Waals surface area contributed by atoms with Gasteiger partial charge in [-0.25, -0.2) is 4.68 Å². The predicted molar refractivity (Wildman–Crippen MR) is 110 cm³/mol. The Morgan fingerprint density at radius 1 is 1.11 bits per heavy atom. The quantitative estimate of drug-likeness (QED) is 0.666. The molecule has 28 heavy (non-hydrogen) atoms. The lowest BCUT2D eigenvalue weighted by Gasteiger charge is -2.32. The van der Waals surface area contributed by atoms with Crippen molar-refractivity contribution in [2.24, 2.45) is 0 Å². The SMILES string of the molecule is CCN1C(=O)[C@]2(CC(=O)Nc3c2cnn3-c2ccc(Br)cc2)c2ccccc21. The van der Waals surface area contributed by atoms with Gasteiger partial charge in [0, 0.05) is 28.7 Å². The smallest absolute Gasteiger partial charge is 0.242 e. The van der Waals surface area contributed by atoms with E-state index in [4.69, 9.17) is 0 Å². The summed E-state index contributed by atoms with van der Waals surface area (Å²) in [5, 5.41) is 7.46. The van der Waals surface area contributed by atoms with Gasteiger partial charge in [-0.3, -0.25) is 9.59 Å². The lowest BCUT2D eigenvalue weighted by atomic mass is 9.72. The zero-order valence-electron chi connectivity index (χ0n) is 15.1. The number of hydrogen-bond acceptors (Lipinski definition) is 3. The van der Waals surface area contributed by atoms with Gasteiger partial charge in [0.15, 0.2) is 0 Å². The van der Waals surface area contributed by atoms with E-state index < -0.39 is 5.41 Å². The predicted octanol–water partition coefficient (Wildman–Crippen LogP) is 3.63. The van der Waals surface area contributed by atoms with Crippen LogP contribution in [0.25, 0.3) is 5.69 Å². The van der Waals surface area contributed by atoms with E-state index >= 15 is 0 Å². The van der Waals surface area contributed by atoms with Crippen molar-refractivity contribution in [1.82, 2.24) is 9.78 Å². The number of rotatable bonds is 2. The van der Waals surface area contributed by atoms with Crippen LogP contribution >= 0.6 is 15.9 Å². The Hall–Kier alpha value is -2.93. The normalized spacial score (nSPS) is 20.3. The molecule has 7 heteroatoms. The van der Waals surface area contributed by atoms with Gasteiger partial charge in [-0.15, -0.1) is 0 Å². The van der Waals surface area contributed by atoms with Crippen molar-refractivity contribution < 1.29 is 9.59 Å². The standard InChI is InChI=1S/C21H17BrN4O2/c1-2-25-17-6-4-3-5-15(17)21(20(25)28)11-18(27)24-19-16(21)12-23-26(19)14-9-7-13(22)8-10-14/h3-10,12H,2,11H2,1H3,(H,24,27)/t21-/m1/s1. The second-order valence-electron chi connectivity index (χ2n) is 6.99. The fraction of sp³-hybridized carbons (Fsp3) is 0.190. The number of para-hydroxylation sites is 1. The van der Waals surface area contributed by atoms with E-state index in [0.29, 0.717) is 12.4 Å². The number of amides is 2. The molecule has 0 bridgehead atoms. The molecule has 1 atom stereocenters. The van der Waals surface area contributed by atoms with Crippen molar-refractivity contribution in [1.29, 1.82) is 0 Å². The number of fused-ring (bicyclic) bond motifs is 4. The Bertz CT molecular complexity index is 1120. The molecule has 1 N–H and O–H groups in total. The van der Waals surface area contributed by atoms with Gasteiger partial charge in [-0.1, -0.05) is 34.1 Å². The molecular weight excluding hydrogens is 420 g/mol. The third-order valence-electron chi connectivity index (χ3n) is 5.56. The average Bonchev–Trinajstić information content (AvgIpc) is 3.21. The molecule has 0 fully saturated rings. The summed E-state index contributed by atoms with van der Waals surface area (Å²) in [4.78, 5) is 28.1. The van der Waals surface area contributed by atoms with Gasteiger partial charge in [0.2, 0.25) is 11.8 Å². The summed E-state index contributed by atoms with van der Waals surface area (Å²) in [6.45, 7) is 2.50. The number of nitrogens with one attached hydrogen (secondary N) is 1. The van der Waals surface area contributed by atoms with Crippen LogP contribution in [0.3, 0.4) is 0 Å². The monoisotopic (exact) mass is 436 g/mol. The summed E-state index contributed by atoms with van der Waals surface area (Å²) < 4.78 is 2.64. The number of carbonyl (C=O) groups excluding carboxylic acids is 2. The molecule has 1 aromatic heterocycles. The van der Waals surface area contributed by atoms with Crippen LogP contribution in [0.15, 0.2) is 59.2 Å². The molecule has 0 aliphatic carbocycles. The Labute approximate surface area is 170 Å². The number of hydrogen-bond donors (Lipinski definition) is 1. The number of halogens is 1. The van der Waals surface area contributed by atoms with Gasteiger partial charge in [0.25, 0.3) is 0 Å². The van der Waals surface area contributed by atoms with Crippen LogP contribution in [-0.4, -0.2) is 28.1 Å². The van der Waals surface area contributed by atoms with Crippen molar-refractivity contribution in [2.75, 3.05) is 16.8 Å². The Balaban J connectivity index is 1.76. The molecular formula is C21H17BrN4O2. The number of anilines is 2. The van der Waals surface area contributed by atoms with Gasteiger partial charge in [-0.05, 0) is 42.8 Å². The molecule has 140 valence electrons. The van der Waals surface area contributed by atoms with Gasteiger partial charge in [0.1, 0.15) is 11.2 Å². The summed E-state index contributed by atoms with van der Waals surface area (Å²) in [6.07, 6.45) is 1.79. The molecule has 6 nitrogen and oxygen atoms in total. The first-order valence-corrected chi connectivity index (χ1v) is 9.91. The van der Waals surface area contributed by atoms with E-state index in [2.05, 4.69) is 26.3 Å². The molecule has 2 aliphatic rings. The highest BCUT2D eigenvalue weighted by molar-refractivity contribution is 9.10.